The second-order valence-electron chi connectivity index (χ2n) is 3.43. The largest absolute Gasteiger partial charge is 0.497 e. The Bertz CT molecular complexity index is 727. The van der Waals surface area contributed by atoms with Crippen LogP contribution in [0, 0.1) is 0 Å². The van der Waals surface area contributed by atoms with Gasteiger partial charge in [-0.2, -0.15) is 5.16 Å². The van der Waals surface area contributed by atoms with Crippen LogP contribution in [0.1, 0.15) is 0 Å². The third kappa shape index (κ3) is 1.18. The molecule has 1 N–H and O–H groups in total. The Kier molecular flexibility index (Phi) is 1.73. The smallest absolute Gasteiger partial charge is 0.366 e. The third-order valence-corrected chi connectivity index (χ3v) is 2.49. The number of nitrogens with zero attached hydrogens (tertiary/aromatic N) is 1. The lowest BCUT2D eigenvalue weighted by molar-refractivity contribution is 0.398. The van der Waals surface area contributed by atoms with E-state index in [1.807, 2.05) is 12.1 Å². The van der Waals surface area contributed by atoms with Crippen LogP contribution in [0.15, 0.2) is 33.6 Å². The summed E-state index contributed by atoms with van der Waals surface area (Å²) in [4.78, 5) is 15.6. The van der Waals surface area contributed by atoms with E-state index >= 15 is 0 Å². The quantitative estimate of drug-likeness (QED) is 0.671. The fourth-order valence-corrected chi connectivity index (χ4v) is 1.66. The lowest BCUT2D eigenvalue weighted by atomic mass is 10.2. The van der Waals surface area contributed by atoms with E-state index in [0.29, 0.717) is 11.0 Å². The average molecular weight is 216 g/mol. The second-order valence-corrected chi connectivity index (χ2v) is 3.43. The molecule has 3 rings (SSSR count). The Labute approximate surface area is 89.6 Å². The standard InChI is InChI=1S/C11H8N2O3/c1-15-7-3-2-6-4-8-10(12-9(6)5-7)13-16-11(8)14/h2-5H,1H3,(H,12,13). The van der Waals surface area contributed by atoms with Gasteiger partial charge >= 0.3 is 5.63 Å². The van der Waals surface area contributed by atoms with Crippen LogP contribution in [0.25, 0.3) is 21.9 Å². The van der Waals surface area contributed by atoms with Gasteiger partial charge < -0.3 is 9.26 Å². The minimum absolute atomic E-state index is 0.403. The molecule has 5 heteroatoms. The molecule has 0 unspecified atom stereocenters. The molecule has 80 valence electrons. The molecule has 0 spiro atoms. The van der Waals surface area contributed by atoms with Crippen molar-refractivity contribution >= 4 is 21.9 Å². The Morgan fingerprint density at radius 3 is 3.06 bits per heavy atom. The van der Waals surface area contributed by atoms with E-state index in [4.69, 9.17) is 4.74 Å². The maximum atomic E-state index is 11.3. The Morgan fingerprint density at radius 2 is 2.25 bits per heavy atom. The van der Waals surface area contributed by atoms with Crippen molar-refractivity contribution in [2.45, 2.75) is 0 Å². The molecule has 0 bridgehead atoms. The second kappa shape index (κ2) is 3.10. The number of rotatable bonds is 1. The summed E-state index contributed by atoms with van der Waals surface area (Å²) in [5, 5.41) is 3.81. The first-order chi connectivity index (χ1) is 7.78. The van der Waals surface area contributed by atoms with E-state index in [1.165, 1.54) is 0 Å². The van der Waals surface area contributed by atoms with Crippen LogP contribution in [0.4, 0.5) is 0 Å². The molecule has 0 aliphatic carbocycles. The third-order valence-electron chi connectivity index (χ3n) is 2.49. The molecule has 1 aromatic carbocycles. The number of hydrogen-bond donors (Lipinski definition) is 1. The molecule has 2 aromatic heterocycles. The van der Waals surface area contributed by atoms with Gasteiger partial charge in [0.2, 0.25) is 0 Å². The van der Waals surface area contributed by atoms with Gasteiger partial charge in [0.25, 0.3) is 0 Å². The molecule has 0 atom stereocenters. The Balaban J connectivity index is 2.43. The summed E-state index contributed by atoms with van der Waals surface area (Å²) in [6.07, 6.45) is 0. The van der Waals surface area contributed by atoms with Crippen LogP contribution in [0.2, 0.25) is 0 Å². The summed E-state index contributed by atoms with van der Waals surface area (Å²) in [6, 6.07) is 7.23. The SMILES string of the molecule is COc1ccc2cc3c(=O)o[nH]c3nc2c1. The number of methoxy groups -OCH3 is 1. The molecular formula is C11H8N2O3. The first kappa shape index (κ1) is 8.96. The molecule has 5 nitrogen and oxygen atoms in total. The zero-order chi connectivity index (χ0) is 11.1. The van der Waals surface area contributed by atoms with Gasteiger partial charge in [0.15, 0.2) is 5.65 Å². The maximum Gasteiger partial charge on any atom is 0.366 e. The highest BCUT2D eigenvalue weighted by Crippen LogP contribution is 2.21. The molecule has 0 aliphatic rings. The van der Waals surface area contributed by atoms with Crippen molar-refractivity contribution in [2.24, 2.45) is 0 Å². The van der Waals surface area contributed by atoms with Crippen LogP contribution < -0.4 is 10.4 Å². The molecule has 0 amide bonds. The first-order valence-corrected chi connectivity index (χ1v) is 4.74. The van der Waals surface area contributed by atoms with Crippen molar-refractivity contribution < 1.29 is 9.26 Å². The van der Waals surface area contributed by atoms with Crippen molar-refractivity contribution in [3.63, 3.8) is 0 Å². The minimum Gasteiger partial charge on any atom is -0.497 e. The van der Waals surface area contributed by atoms with Gasteiger partial charge in [-0.15, -0.1) is 0 Å². The molecule has 0 saturated carbocycles. The number of benzene rings is 1. The first-order valence-electron chi connectivity index (χ1n) is 4.74. The Morgan fingerprint density at radius 1 is 1.38 bits per heavy atom. The van der Waals surface area contributed by atoms with E-state index in [0.717, 1.165) is 16.7 Å². The van der Waals surface area contributed by atoms with Crippen LogP contribution in [-0.4, -0.2) is 17.3 Å². The zero-order valence-corrected chi connectivity index (χ0v) is 8.48. The molecule has 0 radical (unpaired) electrons. The van der Waals surface area contributed by atoms with E-state index < -0.39 is 5.63 Å². The van der Waals surface area contributed by atoms with Crippen molar-refractivity contribution in [3.8, 4) is 5.75 Å². The molecule has 2 heterocycles. The molecule has 0 aliphatic heterocycles. The highest BCUT2D eigenvalue weighted by molar-refractivity contribution is 5.90. The molecule has 0 saturated heterocycles. The predicted octanol–water partition coefficient (Wildman–Crippen LogP) is 1.68. The number of hydrogen-bond acceptors (Lipinski definition) is 4. The van der Waals surface area contributed by atoms with E-state index in [-0.39, 0.29) is 0 Å². The van der Waals surface area contributed by atoms with Gasteiger partial charge in [0.05, 0.1) is 12.6 Å². The highest BCUT2D eigenvalue weighted by Gasteiger charge is 2.06. The van der Waals surface area contributed by atoms with Crippen molar-refractivity contribution in [1.82, 2.24) is 10.1 Å². The van der Waals surface area contributed by atoms with Gasteiger partial charge in [-0.1, -0.05) is 0 Å². The lowest BCUT2D eigenvalue weighted by Crippen LogP contribution is -1.92. The summed E-state index contributed by atoms with van der Waals surface area (Å²) < 4.78 is 9.77. The number of nitrogens with one attached hydrogen (secondary N) is 1. The number of ether oxygens (including phenoxy) is 1. The van der Waals surface area contributed by atoms with E-state index in [9.17, 15) is 4.79 Å². The summed E-state index contributed by atoms with van der Waals surface area (Å²) >= 11 is 0. The van der Waals surface area contributed by atoms with Gasteiger partial charge in [0, 0.05) is 11.5 Å². The summed E-state index contributed by atoms with van der Waals surface area (Å²) in [7, 11) is 1.60. The number of aromatic nitrogens is 2. The predicted molar refractivity (Wildman–Crippen MR) is 58.7 cm³/mol. The fraction of sp³-hybridized carbons (Fsp3) is 0.0909. The number of fused-ring (bicyclic) bond motifs is 2. The van der Waals surface area contributed by atoms with Crippen molar-refractivity contribution in [1.29, 1.82) is 0 Å². The summed E-state index contributed by atoms with van der Waals surface area (Å²) in [5.74, 6) is 0.727. The number of pyridine rings is 1. The topological polar surface area (TPSA) is 68.1 Å². The van der Waals surface area contributed by atoms with Crippen LogP contribution in [0.3, 0.4) is 0 Å². The fourth-order valence-electron chi connectivity index (χ4n) is 1.66. The normalized spacial score (nSPS) is 11.1. The average Bonchev–Trinajstić information content (AvgIpc) is 2.67. The minimum atomic E-state index is -0.403. The lowest BCUT2D eigenvalue weighted by Gasteiger charge is -2.01. The molecular weight excluding hydrogens is 208 g/mol. The van der Waals surface area contributed by atoms with Crippen molar-refractivity contribution in [2.75, 3.05) is 7.11 Å². The van der Waals surface area contributed by atoms with E-state index in [1.54, 1.807) is 19.2 Å². The zero-order valence-electron chi connectivity index (χ0n) is 8.48. The summed E-state index contributed by atoms with van der Waals surface area (Å²) in [6.45, 7) is 0. The number of H-pyrrole nitrogens is 1. The van der Waals surface area contributed by atoms with Gasteiger partial charge in [-0.25, -0.2) is 9.78 Å². The van der Waals surface area contributed by atoms with Crippen LogP contribution >= 0.6 is 0 Å². The summed E-state index contributed by atoms with van der Waals surface area (Å²) in [5.41, 5.74) is 0.801. The number of aromatic amines is 1. The molecule has 0 fully saturated rings. The van der Waals surface area contributed by atoms with Crippen molar-refractivity contribution in [3.05, 3.63) is 34.7 Å². The maximum absolute atomic E-state index is 11.3. The Hall–Kier alpha value is -2.30. The molecule has 16 heavy (non-hydrogen) atoms. The monoisotopic (exact) mass is 216 g/mol. The highest BCUT2D eigenvalue weighted by atomic mass is 16.5. The van der Waals surface area contributed by atoms with Gasteiger partial charge in [-0.3, -0.25) is 0 Å². The molecule has 3 aromatic rings. The van der Waals surface area contributed by atoms with Crippen LogP contribution in [-0.2, 0) is 0 Å². The van der Waals surface area contributed by atoms with Gasteiger partial charge in [-0.05, 0) is 18.2 Å². The van der Waals surface area contributed by atoms with Gasteiger partial charge in [0.1, 0.15) is 11.1 Å². The van der Waals surface area contributed by atoms with E-state index in [2.05, 4.69) is 14.7 Å². The van der Waals surface area contributed by atoms with Crippen LogP contribution in [0.5, 0.6) is 5.75 Å².